The second-order valence-corrected chi connectivity index (χ2v) is 21.5. The van der Waals surface area contributed by atoms with Crippen molar-refractivity contribution in [3.05, 3.63) is 158 Å². The van der Waals surface area contributed by atoms with E-state index in [1.807, 2.05) is 0 Å². The number of rotatable bonds is 2. The zero-order valence-corrected chi connectivity index (χ0v) is 35.5. The van der Waals surface area contributed by atoms with Gasteiger partial charge in [0.2, 0.25) is 6.71 Å². The van der Waals surface area contributed by atoms with Gasteiger partial charge in [-0.15, -0.1) is 0 Å². The minimum absolute atomic E-state index is 0.00491. The van der Waals surface area contributed by atoms with Gasteiger partial charge in [-0.1, -0.05) is 217 Å². The van der Waals surface area contributed by atoms with Gasteiger partial charge in [0.15, 0.2) is 0 Å². The molecule has 0 saturated carbocycles. The monoisotopic (exact) mass is 699 g/mol. The molecule has 2 heterocycles. The lowest BCUT2D eigenvalue weighted by molar-refractivity contribution is 0.586. The van der Waals surface area contributed by atoms with Gasteiger partial charge in [-0.25, -0.2) is 0 Å². The molecule has 7 rings (SSSR count). The molecule has 0 nitrogen and oxygen atoms in total. The third kappa shape index (κ3) is 6.66. The Balaban J connectivity index is 1.61. The first-order valence-corrected chi connectivity index (χ1v) is 20.1. The molecule has 0 fully saturated rings. The van der Waals surface area contributed by atoms with Crippen LogP contribution in [0.4, 0.5) is 0 Å². The predicted octanol–water partition coefficient (Wildman–Crippen LogP) is 11.7. The normalized spacial score (nSPS) is 17.3. The van der Waals surface area contributed by atoms with Crippen molar-refractivity contribution < 1.29 is 0 Å². The molecule has 2 unspecified atom stereocenters. The van der Waals surface area contributed by atoms with Gasteiger partial charge in [-0.2, -0.15) is 0 Å². The maximum atomic E-state index is 2.60. The summed E-state index contributed by atoms with van der Waals surface area (Å²) in [6.45, 7) is 35.4. The third-order valence-electron chi connectivity index (χ3n) is 12.4. The summed E-state index contributed by atoms with van der Waals surface area (Å²) in [7, 11) is 0. The quantitative estimate of drug-likeness (QED) is 0.158. The Morgan fingerprint density at radius 2 is 0.623 bits per heavy atom. The van der Waals surface area contributed by atoms with Crippen LogP contribution in [0.1, 0.15) is 177 Å². The van der Waals surface area contributed by atoms with Crippen LogP contribution >= 0.6 is 0 Å². The lowest BCUT2D eigenvalue weighted by atomic mass is 9.28. The first-order chi connectivity index (χ1) is 24.4. The Hall–Kier alpha value is -3.84. The van der Waals surface area contributed by atoms with E-state index in [4.69, 9.17) is 0 Å². The van der Waals surface area contributed by atoms with E-state index in [0.717, 1.165) is 0 Å². The lowest BCUT2D eigenvalue weighted by Crippen LogP contribution is -2.63. The fraction of sp³-hybridized carbons (Fsp3) is 0.423. The van der Waals surface area contributed by atoms with E-state index in [9.17, 15) is 0 Å². The Morgan fingerprint density at radius 3 is 0.925 bits per heavy atom. The summed E-state index contributed by atoms with van der Waals surface area (Å²) < 4.78 is 0. The van der Waals surface area contributed by atoms with E-state index in [1.165, 1.54) is 77.6 Å². The molecule has 274 valence electrons. The van der Waals surface area contributed by atoms with Gasteiger partial charge >= 0.3 is 0 Å². The summed E-state index contributed by atoms with van der Waals surface area (Å²) in [4.78, 5) is 0. The van der Waals surface area contributed by atoms with Crippen LogP contribution in [0.2, 0.25) is 0 Å². The fourth-order valence-corrected chi connectivity index (χ4v) is 8.93. The number of hydrogen-bond donors (Lipinski definition) is 0. The van der Waals surface area contributed by atoms with Crippen molar-refractivity contribution in [1.82, 2.24) is 0 Å². The van der Waals surface area contributed by atoms with E-state index in [1.54, 1.807) is 0 Å². The fourth-order valence-electron chi connectivity index (χ4n) is 8.93. The van der Waals surface area contributed by atoms with Crippen molar-refractivity contribution in [2.75, 3.05) is 0 Å². The van der Waals surface area contributed by atoms with E-state index in [0.29, 0.717) is 0 Å². The molecule has 0 aliphatic carbocycles. The number of benzene rings is 5. The summed E-state index contributed by atoms with van der Waals surface area (Å²) in [6, 6.07) is 39.5. The number of hydrogen-bond acceptors (Lipinski definition) is 0. The summed E-state index contributed by atoms with van der Waals surface area (Å²) in [6.07, 6.45) is 0. The van der Waals surface area contributed by atoms with Crippen molar-refractivity contribution in [3.8, 4) is 0 Å². The van der Waals surface area contributed by atoms with E-state index >= 15 is 0 Å². The molecule has 5 aromatic carbocycles. The van der Waals surface area contributed by atoms with Gasteiger partial charge in [-0.3, -0.25) is 0 Å². The second-order valence-electron chi connectivity index (χ2n) is 21.5. The average molecular weight is 699 g/mol. The molecule has 0 amide bonds. The molecule has 0 bridgehead atoms. The van der Waals surface area contributed by atoms with Gasteiger partial charge in [-0.05, 0) is 88.3 Å². The molecule has 2 atom stereocenters. The third-order valence-corrected chi connectivity index (χ3v) is 12.4. The van der Waals surface area contributed by atoms with Crippen molar-refractivity contribution in [2.45, 2.75) is 143 Å². The highest BCUT2D eigenvalue weighted by Crippen LogP contribution is 2.44. The first kappa shape index (κ1) is 37.5. The van der Waals surface area contributed by atoms with Gasteiger partial charge in [0.25, 0.3) is 0 Å². The van der Waals surface area contributed by atoms with Crippen LogP contribution in [0.15, 0.2) is 97.1 Å². The molecule has 1 heteroatoms. The van der Waals surface area contributed by atoms with Crippen LogP contribution in [0.3, 0.4) is 0 Å². The molecule has 53 heavy (non-hydrogen) atoms. The zero-order valence-electron chi connectivity index (χ0n) is 35.5. The Bertz CT molecular complexity index is 2030. The van der Waals surface area contributed by atoms with Crippen LogP contribution < -0.4 is 16.4 Å². The summed E-state index contributed by atoms with van der Waals surface area (Å²) >= 11 is 0. The molecule has 0 saturated heterocycles. The SMILES string of the molecule is CC(C)(C)c1ccc(C2c3ccc(C(C)(C)C)cc3B3c4cc(C(C)(C)C)ccc4C(c4ccc(C(C)(C)C)cc4)c4cc(C(C)(C)C)cc2c43)cc1. The standard InChI is InChI=1S/C52H63B/c1-48(2,3)34-20-16-32(17-21-34)45-39-26-24-36(50(7,8)9)30-43(39)53-44-31-37(51(10,11)12)25-27-40(44)46(33-18-22-35(23-19-33)49(4,5)6)42-29-38(52(13,14)15)28-41(45)47(42)53/h16-31,45-46H,1-15H3. The van der Waals surface area contributed by atoms with Crippen molar-refractivity contribution >= 4 is 23.1 Å². The number of fused-ring (bicyclic) bond motifs is 4. The predicted molar refractivity (Wildman–Crippen MR) is 232 cm³/mol. The van der Waals surface area contributed by atoms with E-state index in [-0.39, 0.29) is 45.6 Å². The molecule has 0 aromatic heterocycles. The minimum Gasteiger partial charge on any atom is -0.0642 e. The topological polar surface area (TPSA) is 0 Å². The smallest absolute Gasteiger partial charge is 0.0642 e. The molecule has 0 radical (unpaired) electrons. The summed E-state index contributed by atoms with van der Waals surface area (Å²) in [5.41, 5.74) is 20.4. The molecular formula is C52H63B. The van der Waals surface area contributed by atoms with E-state index in [2.05, 4.69) is 201 Å². The molecule has 2 aliphatic rings. The van der Waals surface area contributed by atoms with Crippen molar-refractivity contribution in [2.24, 2.45) is 0 Å². The maximum Gasteiger partial charge on any atom is 0.242 e. The van der Waals surface area contributed by atoms with Crippen molar-refractivity contribution in [1.29, 1.82) is 0 Å². The highest BCUT2D eigenvalue weighted by molar-refractivity contribution is 6.97. The zero-order chi connectivity index (χ0) is 38.6. The Kier molecular flexibility index (Phi) is 8.73. The molecule has 0 spiro atoms. The van der Waals surface area contributed by atoms with Gasteiger partial charge in [0, 0.05) is 11.8 Å². The molecule has 5 aromatic rings. The van der Waals surface area contributed by atoms with Crippen LogP contribution in [0.25, 0.3) is 0 Å². The second kappa shape index (κ2) is 12.3. The highest BCUT2D eigenvalue weighted by atomic mass is 14.4. The van der Waals surface area contributed by atoms with Crippen molar-refractivity contribution in [3.63, 3.8) is 0 Å². The largest absolute Gasteiger partial charge is 0.242 e. The van der Waals surface area contributed by atoms with Crippen LogP contribution in [0.5, 0.6) is 0 Å². The average Bonchev–Trinajstić information content (AvgIpc) is 3.05. The first-order valence-electron chi connectivity index (χ1n) is 20.1. The van der Waals surface area contributed by atoms with Crippen LogP contribution in [-0.4, -0.2) is 6.71 Å². The van der Waals surface area contributed by atoms with Gasteiger partial charge in [0.1, 0.15) is 0 Å². The molecular weight excluding hydrogens is 635 g/mol. The maximum absolute atomic E-state index is 2.60. The van der Waals surface area contributed by atoms with Gasteiger partial charge in [0.05, 0.1) is 0 Å². The molecule has 0 N–H and O–H groups in total. The Labute approximate surface area is 322 Å². The van der Waals surface area contributed by atoms with Crippen LogP contribution in [-0.2, 0) is 27.1 Å². The summed E-state index contributed by atoms with van der Waals surface area (Å²) in [5, 5.41) is 0. The van der Waals surface area contributed by atoms with Crippen LogP contribution in [0, 0.1) is 0 Å². The lowest BCUT2D eigenvalue weighted by Gasteiger charge is -2.43. The minimum atomic E-state index is -0.00491. The molecule has 2 aliphatic heterocycles. The summed E-state index contributed by atoms with van der Waals surface area (Å²) in [5.74, 6) is 0.299. The highest BCUT2D eigenvalue weighted by Gasteiger charge is 2.45. The van der Waals surface area contributed by atoms with E-state index < -0.39 is 0 Å². The van der Waals surface area contributed by atoms with Gasteiger partial charge < -0.3 is 0 Å². The Morgan fingerprint density at radius 1 is 0.321 bits per heavy atom.